The summed E-state index contributed by atoms with van der Waals surface area (Å²) >= 11 is 0. The lowest BCUT2D eigenvalue weighted by molar-refractivity contribution is 0.231. The van der Waals surface area contributed by atoms with Crippen molar-refractivity contribution < 1.29 is 13.2 Å². The number of aromatic amines is 1. The van der Waals surface area contributed by atoms with E-state index in [1.54, 1.807) is 24.4 Å². The maximum atomic E-state index is 13.0. The number of sulfone groups is 1. The summed E-state index contributed by atoms with van der Waals surface area (Å²) in [6, 6.07) is 17.5. The van der Waals surface area contributed by atoms with Crippen LogP contribution in [0.4, 0.5) is 0 Å². The van der Waals surface area contributed by atoms with Crippen LogP contribution in [-0.2, 0) is 22.1 Å². The molecule has 0 unspecified atom stereocenters. The average Bonchev–Trinajstić information content (AvgIpc) is 3.23. The summed E-state index contributed by atoms with van der Waals surface area (Å²) in [5, 5.41) is -0.0473. The van der Waals surface area contributed by atoms with E-state index < -0.39 is 9.84 Å². The van der Waals surface area contributed by atoms with Gasteiger partial charge in [0, 0.05) is 24.8 Å². The maximum absolute atomic E-state index is 13.0. The van der Waals surface area contributed by atoms with Crippen LogP contribution in [0.1, 0.15) is 22.4 Å². The molecule has 0 fully saturated rings. The van der Waals surface area contributed by atoms with E-state index >= 15 is 0 Å². The van der Waals surface area contributed by atoms with E-state index in [1.807, 2.05) is 26.1 Å². The number of likely N-dealkylation sites (N-methyl/N-ethyl adjacent to an activating group) is 1. The number of benzene rings is 2. The fourth-order valence-corrected chi connectivity index (χ4v) is 4.87. The zero-order valence-corrected chi connectivity index (χ0v) is 19.9. The maximum Gasteiger partial charge on any atom is 0.226 e. The minimum atomic E-state index is -3.68. The molecule has 0 saturated heterocycles. The molecule has 2 heterocycles. The summed E-state index contributed by atoms with van der Waals surface area (Å²) in [6.07, 6.45) is 1.59. The van der Waals surface area contributed by atoms with Crippen LogP contribution in [0.5, 0.6) is 5.75 Å². The first kappa shape index (κ1) is 22.9. The molecule has 8 heteroatoms. The molecular weight excluding hydrogens is 436 g/mol. The van der Waals surface area contributed by atoms with Gasteiger partial charge in [-0.15, -0.1) is 0 Å². The summed E-state index contributed by atoms with van der Waals surface area (Å²) < 4.78 is 31.9. The summed E-state index contributed by atoms with van der Waals surface area (Å²) in [5.41, 5.74) is 4.98. The third kappa shape index (κ3) is 5.58. The first-order valence-corrected chi connectivity index (χ1v) is 12.5. The van der Waals surface area contributed by atoms with Gasteiger partial charge in [0.05, 0.1) is 16.7 Å². The lowest BCUT2D eigenvalue weighted by Gasteiger charge is -2.18. The van der Waals surface area contributed by atoms with E-state index in [2.05, 4.69) is 51.0 Å². The van der Waals surface area contributed by atoms with Crippen LogP contribution in [0.25, 0.3) is 11.0 Å². The van der Waals surface area contributed by atoms with Crippen LogP contribution in [0.3, 0.4) is 0 Å². The SMILES string of the molecule is Cc1ccc(CN(C)CCOc2ccnc(CS(=O)(=O)c3nc4ccccc4[nH]3)c2C)cc1. The van der Waals surface area contributed by atoms with Gasteiger partial charge in [-0.25, -0.2) is 13.4 Å². The second-order valence-electron chi connectivity index (χ2n) is 8.27. The molecule has 2 aromatic carbocycles. The largest absolute Gasteiger partial charge is 0.492 e. The van der Waals surface area contributed by atoms with E-state index in [1.165, 1.54) is 11.1 Å². The van der Waals surface area contributed by atoms with Crippen LogP contribution in [0, 0.1) is 13.8 Å². The van der Waals surface area contributed by atoms with Gasteiger partial charge in [0.15, 0.2) is 0 Å². The third-order valence-corrected chi connectivity index (χ3v) is 6.99. The highest BCUT2D eigenvalue weighted by molar-refractivity contribution is 7.90. The third-order valence-electron chi connectivity index (χ3n) is 5.55. The quantitative estimate of drug-likeness (QED) is 0.402. The number of imidazole rings is 1. The number of para-hydroxylation sites is 2. The Kier molecular flexibility index (Phi) is 6.76. The van der Waals surface area contributed by atoms with Crippen molar-refractivity contribution in [2.45, 2.75) is 31.3 Å². The van der Waals surface area contributed by atoms with Gasteiger partial charge < -0.3 is 9.72 Å². The Hall–Kier alpha value is -3.23. The molecule has 7 nitrogen and oxygen atoms in total. The number of H-pyrrole nitrogens is 1. The van der Waals surface area contributed by atoms with Gasteiger partial charge in [0.1, 0.15) is 18.1 Å². The molecule has 0 aliphatic rings. The van der Waals surface area contributed by atoms with Crippen molar-refractivity contribution in [3.8, 4) is 5.75 Å². The molecule has 0 amide bonds. The molecule has 172 valence electrons. The van der Waals surface area contributed by atoms with Crippen LogP contribution >= 0.6 is 0 Å². The molecule has 0 aliphatic heterocycles. The number of pyridine rings is 1. The van der Waals surface area contributed by atoms with Crippen LogP contribution < -0.4 is 4.74 Å². The second kappa shape index (κ2) is 9.72. The summed E-state index contributed by atoms with van der Waals surface area (Å²) in [7, 11) is -1.63. The molecule has 1 N–H and O–H groups in total. The normalized spacial score (nSPS) is 11.9. The Morgan fingerprint density at radius 3 is 2.55 bits per heavy atom. The minimum absolute atomic E-state index is 0.0473. The van der Waals surface area contributed by atoms with E-state index in [9.17, 15) is 8.42 Å². The number of nitrogens with zero attached hydrogens (tertiary/aromatic N) is 3. The number of nitrogens with one attached hydrogen (secondary N) is 1. The molecule has 0 aliphatic carbocycles. The fraction of sp³-hybridized carbons (Fsp3) is 0.280. The van der Waals surface area contributed by atoms with Gasteiger partial charge in [0.25, 0.3) is 0 Å². The number of rotatable bonds is 9. The van der Waals surface area contributed by atoms with Gasteiger partial charge in [-0.05, 0) is 44.7 Å². The minimum Gasteiger partial charge on any atom is -0.492 e. The van der Waals surface area contributed by atoms with Gasteiger partial charge in [-0.2, -0.15) is 0 Å². The predicted molar refractivity (Wildman–Crippen MR) is 129 cm³/mol. The van der Waals surface area contributed by atoms with E-state index in [0.29, 0.717) is 29.1 Å². The number of fused-ring (bicyclic) bond motifs is 1. The van der Waals surface area contributed by atoms with Gasteiger partial charge >= 0.3 is 0 Å². The smallest absolute Gasteiger partial charge is 0.226 e. The number of aromatic nitrogens is 3. The number of hydrogen-bond donors (Lipinski definition) is 1. The van der Waals surface area contributed by atoms with Crippen LogP contribution in [0.15, 0.2) is 66.0 Å². The summed E-state index contributed by atoms with van der Waals surface area (Å²) in [6.45, 7) is 5.97. The van der Waals surface area contributed by atoms with E-state index in [0.717, 1.165) is 18.7 Å². The second-order valence-corrected chi connectivity index (χ2v) is 10.2. The van der Waals surface area contributed by atoms with Gasteiger partial charge in [0.2, 0.25) is 15.0 Å². The molecule has 0 atom stereocenters. The Labute approximate surface area is 194 Å². The monoisotopic (exact) mass is 464 g/mol. The van der Waals surface area contributed by atoms with E-state index in [-0.39, 0.29) is 10.9 Å². The fourth-order valence-electron chi connectivity index (χ4n) is 3.58. The zero-order chi connectivity index (χ0) is 23.4. The molecule has 0 radical (unpaired) electrons. The lowest BCUT2D eigenvalue weighted by Crippen LogP contribution is -2.24. The Morgan fingerprint density at radius 2 is 1.79 bits per heavy atom. The van der Waals surface area contributed by atoms with Crippen molar-refractivity contribution in [3.05, 3.63) is 83.2 Å². The molecule has 0 saturated carbocycles. The van der Waals surface area contributed by atoms with Crippen molar-refractivity contribution in [2.75, 3.05) is 20.2 Å². The number of aryl methyl sites for hydroxylation is 1. The predicted octanol–water partition coefficient (Wildman–Crippen LogP) is 4.06. The van der Waals surface area contributed by atoms with Crippen molar-refractivity contribution in [1.29, 1.82) is 0 Å². The van der Waals surface area contributed by atoms with Gasteiger partial charge in [-0.1, -0.05) is 42.0 Å². The van der Waals surface area contributed by atoms with Crippen molar-refractivity contribution in [3.63, 3.8) is 0 Å². The summed E-state index contributed by atoms with van der Waals surface area (Å²) in [5.74, 6) is 0.395. The average molecular weight is 465 g/mol. The van der Waals surface area contributed by atoms with Crippen LogP contribution in [-0.4, -0.2) is 48.5 Å². The van der Waals surface area contributed by atoms with Gasteiger partial charge in [-0.3, -0.25) is 9.88 Å². The molecule has 4 aromatic rings. The highest BCUT2D eigenvalue weighted by atomic mass is 32.2. The molecule has 0 bridgehead atoms. The highest BCUT2D eigenvalue weighted by Crippen LogP contribution is 2.24. The lowest BCUT2D eigenvalue weighted by atomic mass is 10.1. The van der Waals surface area contributed by atoms with Crippen LogP contribution in [0.2, 0.25) is 0 Å². The molecular formula is C25H28N4O3S. The molecule has 33 heavy (non-hydrogen) atoms. The molecule has 4 rings (SSSR count). The zero-order valence-electron chi connectivity index (χ0n) is 19.1. The first-order chi connectivity index (χ1) is 15.8. The molecule has 2 aromatic heterocycles. The topological polar surface area (TPSA) is 88.2 Å². The summed E-state index contributed by atoms with van der Waals surface area (Å²) in [4.78, 5) is 13.6. The van der Waals surface area contributed by atoms with Crippen molar-refractivity contribution >= 4 is 20.9 Å². The highest BCUT2D eigenvalue weighted by Gasteiger charge is 2.22. The van der Waals surface area contributed by atoms with Crippen molar-refractivity contribution in [2.24, 2.45) is 0 Å². The first-order valence-electron chi connectivity index (χ1n) is 10.8. The van der Waals surface area contributed by atoms with Crippen molar-refractivity contribution in [1.82, 2.24) is 19.9 Å². The number of ether oxygens (including phenoxy) is 1. The van der Waals surface area contributed by atoms with E-state index in [4.69, 9.17) is 4.74 Å². The standard InChI is InChI=1S/C25H28N4O3S/c1-18-8-10-20(11-9-18)16-29(3)14-15-32-24-12-13-26-23(19(24)2)17-33(30,31)25-27-21-6-4-5-7-22(21)28-25/h4-13H,14-17H2,1-3H3,(H,27,28). The Morgan fingerprint density at radius 1 is 1.03 bits per heavy atom. The Balaban J connectivity index is 1.39. The Bertz CT molecular complexity index is 1310. The number of hydrogen-bond acceptors (Lipinski definition) is 6. The molecule has 0 spiro atoms.